The predicted molar refractivity (Wildman–Crippen MR) is 84.3 cm³/mol. The molecule has 0 saturated carbocycles. The smallest absolute Gasteiger partial charge is 0.248 e. The largest absolute Gasteiger partial charge is 0.324 e. The minimum Gasteiger partial charge on any atom is -0.324 e. The van der Waals surface area contributed by atoms with Crippen LogP contribution in [-0.4, -0.2) is 17.7 Å². The number of amides is 1. The number of aliphatic imine (C=N–C) groups is 1. The molecule has 1 atom stereocenters. The third-order valence-electron chi connectivity index (χ3n) is 3.24. The van der Waals surface area contributed by atoms with E-state index >= 15 is 0 Å². The Morgan fingerprint density at radius 1 is 1.15 bits per heavy atom. The van der Waals surface area contributed by atoms with Crippen LogP contribution < -0.4 is 5.32 Å². The van der Waals surface area contributed by atoms with E-state index in [1.165, 1.54) is 0 Å². The molecule has 2 aromatic carbocycles. The van der Waals surface area contributed by atoms with E-state index in [1.807, 2.05) is 48.5 Å². The highest BCUT2D eigenvalue weighted by molar-refractivity contribution is 9.10. The summed E-state index contributed by atoms with van der Waals surface area (Å²) < 4.78 is 0.962. The van der Waals surface area contributed by atoms with Gasteiger partial charge in [-0.3, -0.25) is 9.79 Å². The molecule has 0 fully saturated rings. The molecular formula is C16H13BrN2O. The van der Waals surface area contributed by atoms with Crippen LogP contribution in [0.2, 0.25) is 0 Å². The quantitative estimate of drug-likeness (QED) is 0.853. The number of fused-ring (bicyclic) bond motifs is 1. The van der Waals surface area contributed by atoms with Crippen molar-refractivity contribution in [3.63, 3.8) is 0 Å². The number of nitrogens with one attached hydrogen (secondary N) is 1. The Hall–Kier alpha value is -1.94. The fraction of sp³-hybridized carbons (Fsp3) is 0.125. The van der Waals surface area contributed by atoms with E-state index in [4.69, 9.17) is 0 Å². The van der Waals surface area contributed by atoms with Crippen molar-refractivity contribution in [3.05, 3.63) is 64.1 Å². The zero-order valence-corrected chi connectivity index (χ0v) is 12.5. The minimum absolute atomic E-state index is 0.0838. The number of hydrogen-bond donors (Lipinski definition) is 1. The fourth-order valence-corrected chi connectivity index (χ4v) is 2.57. The predicted octanol–water partition coefficient (Wildman–Crippen LogP) is 3.63. The number of carbonyl (C=O) groups excluding carboxylic acids is 1. The highest BCUT2D eigenvalue weighted by Gasteiger charge is 2.22. The van der Waals surface area contributed by atoms with Gasteiger partial charge in [0.25, 0.3) is 0 Å². The molecule has 3 rings (SSSR count). The van der Waals surface area contributed by atoms with Gasteiger partial charge in [-0.05, 0) is 25.1 Å². The first-order chi connectivity index (χ1) is 9.65. The van der Waals surface area contributed by atoms with Crippen LogP contribution >= 0.6 is 15.9 Å². The van der Waals surface area contributed by atoms with Crippen molar-refractivity contribution in [2.24, 2.45) is 4.99 Å². The van der Waals surface area contributed by atoms with Crippen LogP contribution in [0.5, 0.6) is 0 Å². The third-order valence-corrected chi connectivity index (χ3v) is 3.74. The molecule has 4 heteroatoms. The lowest BCUT2D eigenvalue weighted by Crippen LogP contribution is -2.22. The summed E-state index contributed by atoms with van der Waals surface area (Å²) in [5, 5.41) is 2.92. The molecule has 1 N–H and O–H groups in total. The molecular weight excluding hydrogens is 316 g/mol. The molecule has 0 saturated heterocycles. The maximum atomic E-state index is 12.0. The van der Waals surface area contributed by atoms with Gasteiger partial charge in [0.1, 0.15) is 6.04 Å². The van der Waals surface area contributed by atoms with Gasteiger partial charge >= 0.3 is 0 Å². The number of benzodiazepines with no additional fused rings is 1. The van der Waals surface area contributed by atoms with Gasteiger partial charge in [-0.25, -0.2) is 0 Å². The van der Waals surface area contributed by atoms with Gasteiger partial charge in [0.2, 0.25) is 5.91 Å². The lowest BCUT2D eigenvalue weighted by molar-refractivity contribution is -0.116. The first-order valence-electron chi connectivity index (χ1n) is 6.39. The zero-order chi connectivity index (χ0) is 14.1. The lowest BCUT2D eigenvalue weighted by Gasteiger charge is -2.10. The second kappa shape index (κ2) is 5.21. The summed E-state index contributed by atoms with van der Waals surface area (Å²) in [5.41, 5.74) is 3.58. The average molecular weight is 329 g/mol. The van der Waals surface area contributed by atoms with Crippen molar-refractivity contribution in [1.29, 1.82) is 0 Å². The molecule has 1 heterocycles. The summed E-state index contributed by atoms with van der Waals surface area (Å²) in [5.74, 6) is -0.0838. The van der Waals surface area contributed by atoms with E-state index in [2.05, 4.69) is 26.2 Å². The first kappa shape index (κ1) is 13.1. The number of anilines is 1. The van der Waals surface area contributed by atoms with Crippen LogP contribution in [0, 0.1) is 0 Å². The Labute approximate surface area is 125 Å². The Bertz CT molecular complexity index is 695. The molecule has 1 amide bonds. The number of benzene rings is 2. The summed E-state index contributed by atoms with van der Waals surface area (Å²) in [6.07, 6.45) is 0. The molecule has 0 unspecified atom stereocenters. The van der Waals surface area contributed by atoms with Gasteiger partial charge in [0.15, 0.2) is 0 Å². The van der Waals surface area contributed by atoms with E-state index in [1.54, 1.807) is 6.92 Å². The van der Waals surface area contributed by atoms with Crippen molar-refractivity contribution in [1.82, 2.24) is 0 Å². The van der Waals surface area contributed by atoms with E-state index in [-0.39, 0.29) is 5.91 Å². The highest BCUT2D eigenvalue weighted by atomic mass is 79.9. The number of halogens is 1. The average Bonchev–Trinajstić information content (AvgIpc) is 2.58. The highest BCUT2D eigenvalue weighted by Crippen LogP contribution is 2.27. The number of rotatable bonds is 1. The molecule has 2 aromatic rings. The monoisotopic (exact) mass is 328 g/mol. The Balaban J connectivity index is 2.23. The Morgan fingerprint density at radius 2 is 1.90 bits per heavy atom. The van der Waals surface area contributed by atoms with Crippen molar-refractivity contribution in [3.8, 4) is 0 Å². The SMILES string of the molecule is C[C@@H]1N=C(c2ccccc2)c2cc(Br)ccc2NC1=O. The van der Waals surface area contributed by atoms with Crippen molar-refractivity contribution < 1.29 is 4.79 Å². The second-order valence-corrected chi connectivity index (χ2v) is 5.61. The summed E-state index contributed by atoms with van der Waals surface area (Å²) >= 11 is 3.48. The normalized spacial score (nSPS) is 17.8. The van der Waals surface area contributed by atoms with Crippen LogP contribution in [0.15, 0.2) is 58.0 Å². The standard InChI is InChI=1S/C16H13BrN2O/c1-10-16(20)19-14-8-7-12(17)9-13(14)15(18-10)11-5-3-2-4-6-11/h2-10H,1H3,(H,19,20)/t10-/m0/s1. The molecule has 100 valence electrons. The molecule has 0 aromatic heterocycles. The van der Waals surface area contributed by atoms with Crippen LogP contribution in [-0.2, 0) is 4.79 Å². The van der Waals surface area contributed by atoms with E-state index in [9.17, 15) is 4.79 Å². The van der Waals surface area contributed by atoms with Crippen molar-refractivity contribution in [2.45, 2.75) is 13.0 Å². The summed E-state index contributed by atoms with van der Waals surface area (Å²) in [4.78, 5) is 16.6. The molecule has 1 aliphatic rings. The first-order valence-corrected chi connectivity index (χ1v) is 7.18. The van der Waals surface area contributed by atoms with Gasteiger partial charge in [-0.2, -0.15) is 0 Å². The van der Waals surface area contributed by atoms with Crippen LogP contribution in [0.3, 0.4) is 0 Å². The van der Waals surface area contributed by atoms with Crippen LogP contribution in [0.25, 0.3) is 0 Å². The molecule has 1 aliphatic heterocycles. The van der Waals surface area contributed by atoms with Gasteiger partial charge < -0.3 is 5.32 Å². The number of carbonyl (C=O) groups is 1. The molecule has 20 heavy (non-hydrogen) atoms. The summed E-state index contributed by atoms with van der Waals surface area (Å²) in [7, 11) is 0. The van der Waals surface area contributed by atoms with E-state index in [0.717, 1.165) is 27.0 Å². The molecule has 0 aliphatic carbocycles. The minimum atomic E-state index is -0.406. The topological polar surface area (TPSA) is 41.5 Å². The van der Waals surface area contributed by atoms with Gasteiger partial charge in [0, 0.05) is 15.6 Å². The zero-order valence-electron chi connectivity index (χ0n) is 10.9. The van der Waals surface area contributed by atoms with Crippen molar-refractivity contribution in [2.75, 3.05) is 5.32 Å². The number of nitrogens with zero attached hydrogens (tertiary/aromatic N) is 1. The maximum Gasteiger partial charge on any atom is 0.248 e. The third kappa shape index (κ3) is 2.39. The summed E-state index contributed by atoms with van der Waals surface area (Å²) in [6.45, 7) is 1.80. The molecule has 3 nitrogen and oxygen atoms in total. The lowest BCUT2D eigenvalue weighted by atomic mass is 10.0. The molecule has 0 bridgehead atoms. The Kier molecular flexibility index (Phi) is 3.40. The second-order valence-electron chi connectivity index (χ2n) is 4.70. The van der Waals surface area contributed by atoms with E-state index in [0.29, 0.717) is 0 Å². The van der Waals surface area contributed by atoms with Gasteiger partial charge in [-0.15, -0.1) is 0 Å². The number of hydrogen-bond acceptors (Lipinski definition) is 2. The van der Waals surface area contributed by atoms with Crippen LogP contribution in [0.4, 0.5) is 5.69 Å². The maximum absolute atomic E-state index is 12.0. The van der Waals surface area contributed by atoms with Crippen molar-refractivity contribution >= 4 is 33.2 Å². The van der Waals surface area contributed by atoms with E-state index < -0.39 is 6.04 Å². The van der Waals surface area contributed by atoms with Gasteiger partial charge in [0.05, 0.1) is 11.4 Å². The molecule has 0 radical (unpaired) electrons. The van der Waals surface area contributed by atoms with Crippen LogP contribution in [0.1, 0.15) is 18.1 Å². The fourth-order valence-electron chi connectivity index (χ4n) is 2.21. The van der Waals surface area contributed by atoms with Gasteiger partial charge in [-0.1, -0.05) is 46.3 Å². The summed E-state index contributed by atoms with van der Waals surface area (Å²) in [6, 6.07) is 15.3. The Morgan fingerprint density at radius 3 is 2.65 bits per heavy atom. The molecule has 0 spiro atoms.